The highest BCUT2D eigenvalue weighted by atomic mass is 32.5. The predicted octanol–water partition coefficient (Wildman–Crippen LogP) is 6.33. The van der Waals surface area contributed by atoms with Crippen LogP contribution < -0.4 is 19.7 Å². The van der Waals surface area contributed by atoms with Gasteiger partial charge >= 0.3 is 0 Å². The highest BCUT2D eigenvalue weighted by Gasteiger charge is 2.46. The van der Waals surface area contributed by atoms with E-state index < -0.39 is 37.4 Å². The average Bonchev–Trinajstić information content (AvgIpc) is 3.81. The van der Waals surface area contributed by atoms with Crippen molar-refractivity contribution >= 4 is 41.5 Å². The van der Waals surface area contributed by atoms with Crippen LogP contribution in [0.3, 0.4) is 0 Å². The molecule has 12 nitrogen and oxygen atoms in total. The van der Waals surface area contributed by atoms with Crippen molar-refractivity contribution in [3.63, 3.8) is 0 Å². The van der Waals surface area contributed by atoms with Crippen molar-refractivity contribution < 1.29 is 37.4 Å². The third kappa shape index (κ3) is 7.70. The zero-order valence-electron chi connectivity index (χ0n) is 28.6. The van der Waals surface area contributed by atoms with Crippen molar-refractivity contribution in [3.8, 4) is 11.5 Å². The van der Waals surface area contributed by atoms with Crippen LogP contribution in [-0.4, -0.2) is 58.5 Å². The van der Waals surface area contributed by atoms with Crippen molar-refractivity contribution in [2.24, 2.45) is 0 Å². The SMILES string of the molecule is COc1ccc(C(O[C@H]2C[C@H](n3cnc4c(NC(=O)c5ccccc5)ncnc43)O[C@@H]2COP([O-])(F)=S)(c2ccccc2)c2ccc(OC)cc2)cc1. The first-order valence-corrected chi connectivity index (χ1v) is 19.1. The minimum Gasteiger partial charge on any atom is -0.776 e. The Balaban J connectivity index is 1.30. The van der Waals surface area contributed by atoms with E-state index in [-0.39, 0.29) is 18.1 Å². The molecule has 2 aromatic heterocycles. The van der Waals surface area contributed by atoms with Crippen LogP contribution in [0.5, 0.6) is 11.5 Å². The summed E-state index contributed by atoms with van der Waals surface area (Å²) in [5, 5.41) is 2.81. The number of anilines is 1. The van der Waals surface area contributed by atoms with Crippen LogP contribution in [0.4, 0.5) is 10.0 Å². The van der Waals surface area contributed by atoms with Crippen LogP contribution in [0.25, 0.3) is 11.2 Å². The van der Waals surface area contributed by atoms with E-state index in [0.717, 1.165) is 16.7 Å². The highest BCUT2D eigenvalue weighted by molar-refractivity contribution is 8.06. The maximum atomic E-state index is 14.3. The number of rotatable bonds is 13. The van der Waals surface area contributed by atoms with Crippen molar-refractivity contribution in [2.45, 2.75) is 30.5 Å². The maximum absolute atomic E-state index is 14.3. The van der Waals surface area contributed by atoms with Crippen LogP contribution in [0, 0.1) is 0 Å². The molecule has 1 unspecified atom stereocenters. The second-order valence-corrected chi connectivity index (χ2v) is 14.5. The number of nitrogens with one attached hydrogen (secondary N) is 1. The third-order valence-corrected chi connectivity index (χ3v) is 9.79. The van der Waals surface area contributed by atoms with E-state index >= 15 is 0 Å². The molecule has 1 N–H and O–H groups in total. The number of carbonyl (C=O) groups excluding carboxylic acids is 1. The quantitative estimate of drug-likeness (QED) is 0.104. The maximum Gasteiger partial charge on any atom is 0.256 e. The lowest BCUT2D eigenvalue weighted by Crippen LogP contribution is -2.41. The fourth-order valence-electron chi connectivity index (χ4n) is 6.49. The molecule has 0 saturated carbocycles. The van der Waals surface area contributed by atoms with E-state index in [0.29, 0.717) is 28.2 Å². The van der Waals surface area contributed by atoms with Crippen LogP contribution in [0.1, 0.15) is 39.7 Å². The minimum atomic E-state index is -4.81. The van der Waals surface area contributed by atoms with Crippen LogP contribution in [0.15, 0.2) is 122 Å². The summed E-state index contributed by atoms with van der Waals surface area (Å²) in [4.78, 5) is 38.2. The van der Waals surface area contributed by atoms with Crippen LogP contribution in [0.2, 0.25) is 0 Å². The Morgan fingerprint density at radius 1 is 0.906 bits per heavy atom. The molecule has 1 amide bonds. The predicted molar refractivity (Wildman–Crippen MR) is 197 cm³/mol. The first-order valence-electron chi connectivity index (χ1n) is 16.6. The van der Waals surface area contributed by atoms with Gasteiger partial charge in [0.15, 0.2) is 23.8 Å². The van der Waals surface area contributed by atoms with Gasteiger partial charge in [-0.2, -0.15) is 0 Å². The summed E-state index contributed by atoms with van der Waals surface area (Å²) in [6, 6.07) is 33.4. The van der Waals surface area contributed by atoms with E-state index in [2.05, 4.69) is 32.1 Å². The molecule has 0 bridgehead atoms. The summed E-state index contributed by atoms with van der Waals surface area (Å²) < 4.78 is 45.7. The molecule has 1 fully saturated rings. The van der Waals surface area contributed by atoms with E-state index in [1.54, 1.807) is 43.1 Å². The molecule has 15 heteroatoms. The summed E-state index contributed by atoms with van der Waals surface area (Å²) >= 11 is 4.48. The Labute approximate surface area is 309 Å². The molecular formula is C38H34FN5O7PS-. The number of benzene rings is 4. The lowest BCUT2D eigenvalue weighted by molar-refractivity contribution is -0.198. The molecule has 1 aliphatic rings. The molecule has 272 valence electrons. The van der Waals surface area contributed by atoms with Crippen molar-refractivity contribution in [3.05, 3.63) is 144 Å². The summed E-state index contributed by atoms with van der Waals surface area (Å²) in [5.74, 6) is 1.15. The average molecular weight is 755 g/mol. The van der Waals surface area contributed by atoms with Gasteiger partial charge < -0.3 is 33.7 Å². The number of methoxy groups -OCH3 is 2. The van der Waals surface area contributed by atoms with Gasteiger partial charge in [-0.3, -0.25) is 9.36 Å². The van der Waals surface area contributed by atoms with E-state index in [1.807, 2.05) is 84.9 Å². The molecule has 0 spiro atoms. The van der Waals surface area contributed by atoms with Crippen molar-refractivity contribution in [1.29, 1.82) is 0 Å². The zero-order valence-corrected chi connectivity index (χ0v) is 30.3. The number of hydrogen-bond acceptors (Lipinski definition) is 11. The number of amides is 1. The number of aromatic nitrogens is 4. The molecule has 4 atom stereocenters. The Hall–Kier alpha value is -5.08. The van der Waals surface area contributed by atoms with E-state index in [4.69, 9.17) is 23.5 Å². The van der Waals surface area contributed by atoms with Gasteiger partial charge in [-0.15, -0.1) is 0 Å². The van der Waals surface area contributed by atoms with Gasteiger partial charge in [0.25, 0.3) is 5.91 Å². The topological polar surface area (TPSA) is 142 Å². The number of carbonyl (C=O) groups is 1. The lowest BCUT2D eigenvalue weighted by atomic mass is 9.79. The van der Waals surface area contributed by atoms with Gasteiger partial charge in [0.1, 0.15) is 35.8 Å². The Kier molecular flexibility index (Phi) is 10.6. The van der Waals surface area contributed by atoms with Crippen molar-refractivity contribution in [2.75, 3.05) is 26.1 Å². The van der Waals surface area contributed by atoms with Crippen LogP contribution in [-0.2, 0) is 31.4 Å². The van der Waals surface area contributed by atoms with Gasteiger partial charge in [-0.1, -0.05) is 72.8 Å². The van der Waals surface area contributed by atoms with E-state index in [1.165, 1.54) is 12.7 Å². The zero-order chi connectivity index (χ0) is 37.0. The number of halogens is 1. The van der Waals surface area contributed by atoms with Crippen molar-refractivity contribution in [1.82, 2.24) is 19.5 Å². The summed E-state index contributed by atoms with van der Waals surface area (Å²) in [6.07, 6.45) is 0.507. The molecule has 6 aromatic rings. The van der Waals surface area contributed by atoms with Crippen LogP contribution >= 0.6 is 6.80 Å². The molecule has 53 heavy (non-hydrogen) atoms. The monoisotopic (exact) mass is 754 g/mol. The fourth-order valence-corrected chi connectivity index (χ4v) is 6.99. The molecule has 1 saturated heterocycles. The lowest BCUT2D eigenvalue weighted by Gasteiger charge is -2.39. The second kappa shape index (κ2) is 15.5. The van der Waals surface area contributed by atoms with Gasteiger partial charge in [0, 0.05) is 12.0 Å². The minimum absolute atomic E-state index is 0.199. The molecular weight excluding hydrogens is 720 g/mol. The van der Waals surface area contributed by atoms with E-state index in [9.17, 15) is 13.9 Å². The molecule has 0 radical (unpaired) electrons. The summed E-state index contributed by atoms with van der Waals surface area (Å²) in [7, 11) is 3.18. The summed E-state index contributed by atoms with van der Waals surface area (Å²) in [6.45, 7) is -5.28. The Morgan fingerprint density at radius 2 is 1.49 bits per heavy atom. The molecule has 3 heterocycles. The second-order valence-electron chi connectivity index (χ2n) is 12.1. The largest absolute Gasteiger partial charge is 0.776 e. The fraction of sp³-hybridized carbons (Fsp3) is 0.211. The normalized spacial score (nSPS) is 18.4. The number of imidazole rings is 1. The number of hydrogen-bond donors (Lipinski definition) is 1. The first-order chi connectivity index (χ1) is 25.7. The van der Waals surface area contributed by atoms with Gasteiger partial charge in [-0.25, -0.2) is 19.1 Å². The molecule has 0 aliphatic carbocycles. The standard InChI is InChI=1S/C38H35FN5O7PS/c1-47-29-17-13-27(14-18-29)38(26-11-7-4-8-12-26,28-15-19-30(48-2)20-16-28)51-31-21-33(50-32(31)22-49-52(39,46)53)44-24-42-34-35(40-23-41-36(34)44)43-37(45)25-9-5-3-6-10-25/h3-20,23-24,31-33H,21-22H2,1-2H3,(H,46,53)(H,40,41,43,45)/p-1/t31-,32+,33+,52?/m0/s1. The van der Waals surface area contributed by atoms with Gasteiger partial charge in [-0.05, 0) is 64.9 Å². The first kappa shape index (κ1) is 36.3. The smallest absolute Gasteiger partial charge is 0.256 e. The van der Waals surface area contributed by atoms with Gasteiger partial charge in [0.05, 0.1) is 33.3 Å². The molecule has 4 aromatic carbocycles. The van der Waals surface area contributed by atoms with Gasteiger partial charge in [0.2, 0.25) is 0 Å². The highest BCUT2D eigenvalue weighted by Crippen LogP contribution is 2.47. The third-order valence-electron chi connectivity index (χ3n) is 9.01. The number of ether oxygens (including phenoxy) is 4. The Morgan fingerprint density at radius 3 is 2.08 bits per heavy atom. The number of fused-ring (bicyclic) bond motifs is 1. The molecule has 1 aliphatic heterocycles. The number of nitrogens with zero attached hydrogens (tertiary/aromatic N) is 4. The Bertz CT molecular complexity index is 2180. The molecule has 7 rings (SSSR count). The summed E-state index contributed by atoms with van der Waals surface area (Å²) in [5.41, 5.74) is 2.19.